The first-order valence-corrected chi connectivity index (χ1v) is 5.57. The topological polar surface area (TPSA) is 3.24 Å². The molecule has 0 radical (unpaired) electrons. The molecule has 0 aliphatic carbocycles. The van der Waals surface area contributed by atoms with Gasteiger partial charge in [0.1, 0.15) is 0 Å². The third-order valence-electron chi connectivity index (χ3n) is 3.21. The Balaban J connectivity index is 0.00000112. The zero-order chi connectivity index (χ0) is 9.80. The fraction of sp³-hybridized carbons (Fsp3) is 0.571. The van der Waals surface area contributed by atoms with Gasteiger partial charge < -0.3 is 4.90 Å². The summed E-state index contributed by atoms with van der Waals surface area (Å²) in [5.74, 6) is 0.911. The van der Waals surface area contributed by atoms with Crippen LogP contribution in [-0.2, 0) is 6.42 Å². The van der Waals surface area contributed by atoms with E-state index in [-0.39, 0.29) is 7.43 Å². The number of nitrogens with zero attached hydrogens (tertiary/aromatic N) is 1. The fourth-order valence-electron chi connectivity index (χ4n) is 2.21. The lowest BCUT2D eigenvalue weighted by molar-refractivity contribution is 0.219. The zero-order valence-electron chi connectivity index (χ0n) is 8.95. The van der Waals surface area contributed by atoms with Gasteiger partial charge >= 0.3 is 0 Å². The molecule has 1 saturated heterocycles. The second-order valence-corrected chi connectivity index (χ2v) is 4.44. The smallest absolute Gasteiger partial charge is 0.00190 e. The Bertz CT molecular complexity index is 260. The first-order valence-electron chi connectivity index (χ1n) is 5.57. The van der Waals surface area contributed by atoms with Crippen molar-refractivity contribution in [1.29, 1.82) is 0 Å². The fourth-order valence-corrected chi connectivity index (χ4v) is 2.21. The molecule has 1 nitrogen and oxygen atoms in total. The molecule has 1 heterocycles. The van der Waals surface area contributed by atoms with Crippen LogP contribution in [0.25, 0.3) is 0 Å². The number of benzene rings is 1. The molecule has 0 N–H and O–H groups in total. The summed E-state index contributed by atoms with van der Waals surface area (Å²) in [6.45, 7) is 2.55. The van der Waals surface area contributed by atoms with Gasteiger partial charge in [-0.1, -0.05) is 37.8 Å². The maximum Gasteiger partial charge on any atom is -0.00190 e. The molecule has 0 saturated carbocycles. The molecule has 1 aliphatic heterocycles. The maximum atomic E-state index is 2.43. The molecule has 15 heavy (non-hydrogen) atoms. The van der Waals surface area contributed by atoms with Crippen molar-refractivity contribution in [2.24, 2.45) is 5.92 Å². The van der Waals surface area contributed by atoms with Crippen LogP contribution in [0, 0.1) is 5.92 Å². The van der Waals surface area contributed by atoms with Crippen LogP contribution in [0.4, 0.5) is 0 Å². The van der Waals surface area contributed by atoms with Crippen LogP contribution < -0.4 is 0 Å². The van der Waals surface area contributed by atoms with Gasteiger partial charge in [-0.3, -0.25) is 0 Å². The molecule has 1 aromatic rings. The number of rotatable bonds is 2. The Kier molecular flexibility index (Phi) is 4.83. The second-order valence-electron chi connectivity index (χ2n) is 4.44. The van der Waals surface area contributed by atoms with Crippen molar-refractivity contribution in [3.8, 4) is 0 Å². The first kappa shape index (κ1) is 12.3. The average molecular weight is 205 g/mol. The summed E-state index contributed by atoms with van der Waals surface area (Å²) in [7, 11) is 2.22. The predicted octanol–water partition coefficient (Wildman–Crippen LogP) is 3.21. The van der Waals surface area contributed by atoms with Crippen molar-refractivity contribution in [2.75, 3.05) is 20.1 Å². The summed E-state index contributed by atoms with van der Waals surface area (Å²) in [6, 6.07) is 10.9. The van der Waals surface area contributed by atoms with Crippen molar-refractivity contribution in [3.05, 3.63) is 35.9 Å². The number of piperidine rings is 1. The van der Waals surface area contributed by atoms with E-state index in [2.05, 4.69) is 42.3 Å². The largest absolute Gasteiger partial charge is 0.306 e. The molecule has 1 aliphatic rings. The quantitative estimate of drug-likeness (QED) is 0.716. The van der Waals surface area contributed by atoms with Crippen molar-refractivity contribution < 1.29 is 0 Å². The Morgan fingerprint density at radius 3 is 2.33 bits per heavy atom. The Morgan fingerprint density at radius 1 is 1.13 bits per heavy atom. The first-order chi connectivity index (χ1) is 6.84. The molecule has 0 bridgehead atoms. The highest BCUT2D eigenvalue weighted by Gasteiger charge is 2.16. The van der Waals surface area contributed by atoms with Gasteiger partial charge in [-0.15, -0.1) is 0 Å². The molecule has 0 atom stereocenters. The summed E-state index contributed by atoms with van der Waals surface area (Å²) in [4.78, 5) is 2.43. The van der Waals surface area contributed by atoms with E-state index in [1.54, 1.807) is 0 Å². The molecular weight excluding hydrogens is 182 g/mol. The van der Waals surface area contributed by atoms with E-state index in [4.69, 9.17) is 0 Å². The Hall–Kier alpha value is -0.820. The van der Waals surface area contributed by atoms with E-state index in [0.29, 0.717) is 0 Å². The lowest BCUT2D eigenvalue weighted by atomic mass is 9.90. The summed E-state index contributed by atoms with van der Waals surface area (Å²) in [6.07, 6.45) is 4.01. The normalized spacial score (nSPS) is 18.5. The van der Waals surface area contributed by atoms with E-state index in [9.17, 15) is 0 Å². The van der Waals surface area contributed by atoms with Crippen LogP contribution in [0.1, 0.15) is 25.8 Å². The van der Waals surface area contributed by atoms with E-state index >= 15 is 0 Å². The van der Waals surface area contributed by atoms with E-state index in [1.807, 2.05) is 0 Å². The minimum absolute atomic E-state index is 0. The number of hydrogen-bond donors (Lipinski definition) is 0. The van der Waals surface area contributed by atoms with Gasteiger partial charge in [0.2, 0.25) is 0 Å². The van der Waals surface area contributed by atoms with Crippen LogP contribution in [0.3, 0.4) is 0 Å². The van der Waals surface area contributed by atoms with E-state index in [0.717, 1.165) is 5.92 Å². The molecule has 1 aromatic carbocycles. The standard InChI is InChI=1S/C13H19N.CH4/c1-14-9-7-13(8-10-14)11-12-5-3-2-4-6-12;/h2-6,13H,7-11H2,1H3;1H4. The third-order valence-corrected chi connectivity index (χ3v) is 3.21. The molecule has 0 spiro atoms. The van der Waals surface area contributed by atoms with Gasteiger partial charge in [0, 0.05) is 0 Å². The predicted molar refractivity (Wildman–Crippen MR) is 67.1 cm³/mol. The van der Waals surface area contributed by atoms with Gasteiger partial charge in [-0.05, 0) is 50.9 Å². The van der Waals surface area contributed by atoms with Crippen LogP contribution in [0.5, 0.6) is 0 Å². The van der Waals surface area contributed by atoms with Crippen LogP contribution in [-0.4, -0.2) is 25.0 Å². The highest BCUT2D eigenvalue weighted by atomic mass is 15.1. The van der Waals surface area contributed by atoms with Crippen molar-refractivity contribution >= 4 is 0 Å². The van der Waals surface area contributed by atoms with Gasteiger partial charge in [0.25, 0.3) is 0 Å². The lowest BCUT2D eigenvalue weighted by Crippen LogP contribution is -2.30. The van der Waals surface area contributed by atoms with Gasteiger partial charge in [-0.2, -0.15) is 0 Å². The third kappa shape index (κ3) is 3.67. The van der Waals surface area contributed by atoms with Crippen LogP contribution in [0.15, 0.2) is 30.3 Å². The zero-order valence-corrected chi connectivity index (χ0v) is 8.95. The maximum absolute atomic E-state index is 2.43. The Morgan fingerprint density at radius 2 is 1.73 bits per heavy atom. The summed E-state index contributed by atoms with van der Waals surface area (Å²) in [5, 5.41) is 0. The number of hydrogen-bond acceptors (Lipinski definition) is 1. The molecule has 84 valence electrons. The van der Waals surface area contributed by atoms with E-state index < -0.39 is 0 Å². The monoisotopic (exact) mass is 205 g/mol. The summed E-state index contributed by atoms with van der Waals surface area (Å²) < 4.78 is 0. The lowest BCUT2D eigenvalue weighted by Gasteiger charge is -2.28. The SMILES string of the molecule is C.CN1CCC(Cc2ccccc2)CC1. The Labute approximate surface area is 94.1 Å². The molecule has 2 rings (SSSR count). The van der Waals surface area contributed by atoms with E-state index in [1.165, 1.54) is 37.9 Å². The minimum Gasteiger partial charge on any atom is -0.306 e. The highest BCUT2D eigenvalue weighted by Crippen LogP contribution is 2.20. The summed E-state index contributed by atoms with van der Waals surface area (Å²) >= 11 is 0. The highest BCUT2D eigenvalue weighted by molar-refractivity contribution is 5.15. The molecule has 0 aromatic heterocycles. The van der Waals surface area contributed by atoms with Gasteiger partial charge in [0.15, 0.2) is 0 Å². The van der Waals surface area contributed by atoms with Gasteiger partial charge in [-0.25, -0.2) is 0 Å². The van der Waals surface area contributed by atoms with Crippen molar-refractivity contribution in [2.45, 2.75) is 26.7 Å². The number of likely N-dealkylation sites (tertiary alicyclic amines) is 1. The molecule has 0 unspecified atom stereocenters. The average Bonchev–Trinajstić information content (AvgIpc) is 2.23. The van der Waals surface area contributed by atoms with Crippen LogP contribution in [0.2, 0.25) is 0 Å². The van der Waals surface area contributed by atoms with Gasteiger partial charge in [0.05, 0.1) is 0 Å². The minimum atomic E-state index is 0. The molecule has 1 fully saturated rings. The molecule has 0 amide bonds. The molecular formula is C14H23N. The summed E-state index contributed by atoms with van der Waals surface area (Å²) in [5.41, 5.74) is 1.50. The van der Waals surface area contributed by atoms with Crippen LogP contribution >= 0.6 is 0 Å². The molecule has 1 heteroatoms. The van der Waals surface area contributed by atoms with Crippen molar-refractivity contribution in [1.82, 2.24) is 4.90 Å². The second kappa shape index (κ2) is 5.92. The van der Waals surface area contributed by atoms with Crippen molar-refractivity contribution in [3.63, 3.8) is 0 Å².